The van der Waals surface area contributed by atoms with E-state index in [0.717, 1.165) is 78.1 Å². The summed E-state index contributed by atoms with van der Waals surface area (Å²) in [6.45, 7) is 93.9. The van der Waals surface area contributed by atoms with E-state index in [1.54, 1.807) is 52.1 Å². The van der Waals surface area contributed by atoms with Gasteiger partial charge in [-0.2, -0.15) is 4.98 Å². The zero-order valence-corrected chi connectivity index (χ0v) is 87.3. The molecule has 0 radical (unpaired) electrons. The number of allylic oxidation sites excluding steroid dienone is 2. The van der Waals surface area contributed by atoms with Crippen molar-refractivity contribution in [3.63, 3.8) is 0 Å². The molecule has 0 bridgehead atoms. The summed E-state index contributed by atoms with van der Waals surface area (Å²) in [4.78, 5) is 96.5. The predicted octanol–water partition coefficient (Wildman–Crippen LogP) is 17.3. The van der Waals surface area contributed by atoms with Gasteiger partial charge in [0.1, 0.15) is 11.6 Å². The van der Waals surface area contributed by atoms with Gasteiger partial charge in [-0.15, -0.1) is 0 Å². The van der Waals surface area contributed by atoms with Crippen LogP contribution in [0.15, 0.2) is 64.1 Å². The van der Waals surface area contributed by atoms with Crippen molar-refractivity contribution in [3.05, 3.63) is 144 Å². The van der Waals surface area contributed by atoms with Gasteiger partial charge in [0.2, 0.25) is 0 Å². The Labute approximate surface area is 761 Å². The van der Waals surface area contributed by atoms with E-state index in [4.69, 9.17) is 4.74 Å². The standard InChI is InChI=1S/C14H23N3O2.2C14H23N3O.C14H22N2O.C13H23N.C12H22N2.C11H18N2.C11H21NO/c1-8-10-11(9(2)17(8)14(3,4)5)15(6)13(19)16(7)12(10)18;1-8-11-12(9(2)17(8)14(4,5)6)16(7)10(3)15-13(11)18;1-8-11-12(9(2)17(8)14(4,5)6)15-10(3)16(7)13(11)18;1-9-11-7-13(17)15(6)8-12(11)10(2)16(9)14(3,4)5;1-11-5-7-13(8-6-11)9-14(10-13)12(2,3)4;1-10(2,3)14-8-11-5-12(11,9-14)7-13(4)6-11;1-8-5-9-6-13(11(2,3)4)7-10(9)12-8;1-10(2,3)12-8-11(9-12)4-6-13-7-5-11/h8-9H,1-7H3;2*8-9H,1-7H3;7-10H,1-6H3;5H,6-10H2,1-4H3;5-9H2,1-4H3;5-7H2,1-4H3;4-9H2,1-3H3. The highest BCUT2D eigenvalue weighted by molar-refractivity contribution is 5.88. The Hall–Kier alpha value is -5.86. The molecule has 5 saturated heterocycles. The topological polar surface area (TPSA) is 187 Å². The van der Waals surface area contributed by atoms with E-state index in [0.29, 0.717) is 50.4 Å². The van der Waals surface area contributed by atoms with Crippen molar-refractivity contribution in [2.75, 3.05) is 85.7 Å². The lowest BCUT2D eigenvalue weighted by molar-refractivity contribution is -0.113. The van der Waals surface area contributed by atoms with Crippen LogP contribution < -0.4 is 27.9 Å². The van der Waals surface area contributed by atoms with Crippen molar-refractivity contribution in [2.45, 2.75) is 387 Å². The summed E-state index contributed by atoms with van der Waals surface area (Å²) in [5.41, 5.74) is 17.6. The van der Waals surface area contributed by atoms with Crippen LogP contribution in [0.5, 0.6) is 0 Å². The Bertz CT molecular complexity index is 5030. The molecule has 10 unspecified atom stereocenters. The summed E-state index contributed by atoms with van der Waals surface area (Å²) in [6.07, 6.45) is 13.7. The van der Waals surface area contributed by atoms with Crippen LogP contribution in [-0.4, -0.2) is 213 Å². The van der Waals surface area contributed by atoms with E-state index in [9.17, 15) is 24.0 Å². The van der Waals surface area contributed by atoms with Gasteiger partial charge in [0.15, 0.2) is 0 Å². The molecule has 6 fully saturated rings. The first-order valence-electron chi connectivity index (χ1n) is 47.9. The van der Waals surface area contributed by atoms with Crippen LogP contribution in [0.1, 0.15) is 385 Å². The van der Waals surface area contributed by atoms with Gasteiger partial charge in [-0.1, -0.05) is 11.6 Å². The fraction of sp³-hybridized carbons (Fsp3) is 0.786. The molecule has 17 rings (SSSR count). The fourth-order valence-electron chi connectivity index (χ4n) is 24.2. The Morgan fingerprint density at radius 2 is 0.833 bits per heavy atom. The minimum Gasteiger partial charge on any atom is -0.381 e. The number of fused-ring (bicyclic) bond motifs is 4. The van der Waals surface area contributed by atoms with Gasteiger partial charge >= 0.3 is 5.69 Å². The molecule has 23 nitrogen and oxygen atoms in total. The van der Waals surface area contributed by atoms with Crippen LogP contribution in [0.2, 0.25) is 0 Å². The molecule has 2 spiro atoms. The Balaban J connectivity index is 0.000000151. The Morgan fingerprint density at radius 3 is 1.29 bits per heavy atom. The maximum atomic E-state index is 12.4. The van der Waals surface area contributed by atoms with Gasteiger partial charge in [0, 0.05) is 253 Å². The number of likely N-dealkylation sites (tertiary alicyclic amines) is 4. The second-order valence-electron chi connectivity index (χ2n) is 49.0. The van der Waals surface area contributed by atoms with Crippen molar-refractivity contribution >= 4 is 5.71 Å². The van der Waals surface area contributed by atoms with Crippen molar-refractivity contribution in [2.24, 2.45) is 61.9 Å². The molecule has 2 aliphatic carbocycles. The van der Waals surface area contributed by atoms with Crippen molar-refractivity contribution in [3.8, 4) is 0 Å². The highest BCUT2D eigenvalue weighted by atomic mass is 16.5. The summed E-state index contributed by atoms with van der Waals surface area (Å²) in [5, 5.41) is 0. The van der Waals surface area contributed by atoms with Crippen LogP contribution in [0.4, 0.5) is 0 Å². The van der Waals surface area contributed by atoms with Crippen LogP contribution in [0, 0.1) is 35.5 Å². The summed E-state index contributed by atoms with van der Waals surface area (Å²) >= 11 is 0. The lowest BCUT2D eigenvalue weighted by Gasteiger charge is -2.57. The summed E-state index contributed by atoms with van der Waals surface area (Å²) in [7, 11) is 11.2. The Kier molecular flexibility index (Phi) is 29.2. The average Bonchev–Trinajstić information content (AvgIpc) is 1.49. The van der Waals surface area contributed by atoms with E-state index in [2.05, 4.69) is 305 Å². The molecule has 4 aromatic rings. The molecular formula is C103H175N17O6. The molecule has 0 amide bonds. The normalized spacial score (nSPS) is 27.7. The molecule has 15 heterocycles. The largest absolute Gasteiger partial charge is 0.381 e. The molecule has 708 valence electrons. The van der Waals surface area contributed by atoms with Gasteiger partial charge in [-0.25, -0.2) is 9.78 Å². The van der Waals surface area contributed by atoms with E-state index in [1.165, 1.54) is 118 Å². The number of pyridine rings is 1. The Morgan fingerprint density at radius 1 is 0.413 bits per heavy atom. The number of hydrogen-bond acceptors (Lipinski definition) is 18. The number of piperidine rings is 2. The minimum atomic E-state index is -0.251. The molecule has 1 saturated carbocycles. The van der Waals surface area contributed by atoms with Crippen LogP contribution in [0.3, 0.4) is 0 Å². The van der Waals surface area contributed by atoms with Crippen molar-refractivity contribution in [1.82, 2.24) is 76.9 Å². The smallest absolute Gasteiger partial charge is 0.330 e. The van der Waals surface area contributed by atoms with Gasteiger partial charge in [0.25, 0.3) is 22.2 Å². The molecule has 126 heavy (non-hydrogen) atoms. The van der Waals surface area contributed by atoms with Gasteiger partial charge in [0.05, 0.1) is 34.1 Å². The zero-order chi connectivity index (χ0) is 95.1. The zero-order valence-electron chi connectivity index (χ0n) is 87.3. The first-order chi connectivity index (χ1) is 57.4. The quantitative estimate of drug-likeness (QED) is 0.151. The molecule has 13 aliphatic rings. The van der Waals surface area contributed by atoms with E-state index in [1.807, 2.05) is 41.1 Å². The number of aryl methyl sites for hydroxylation is 3. The lowest BCUT2D eigenvalue weighted by Crippen LogP contribution is -2.63. The number of aromatic nitrogens is 7. The number of rotatable bonds is 0. The van der Waals surface area contributed by atoms with Crippen LogP contribution in [-0.2, 0) is 40.0 Å². The SMILES string of the molecule is CC(C)(C)N1CC2(CCOCC2)C1.CC1=CCC2(CC1)CN(C(C)(C)C)C2.CC1=NC2=C(C1)CN(C(C)(C)C)C2.CC1c2c(n(C)c(=O)n(C)c2=O)C(C)N1C(C)(C)C.CC1c2cc(=O)n(C)cc2C(C)N1C(C)(C)C.CN1CC23CN(C(C)(C)C)CC2(C1)C3.Cc1nc(=O)c2c(n1C)C(C)N(C(C)(C)C)C2C.Cc1nc2c(c(=O)n1C)C(C)N(C(C)(C)C)C2C. The minimum absolute atomic E-state index is 0.0236. The average molecular weight is 1750 g/mol. The third-order valence-corrected chi connectivity index (χ3v) is 31.1. The first kappa shape index (κ1) is 102. The maximum Gasteiger partial charge on any atom is 0.330 e. The summed E-state index contributed by atoms with van der Waals surface area (Å²) in [6, 6.07) is 3.26. The number of ether oxygens (including phenoxy) is 1. The summed E-state index contributed by atoms with van der Waals surface area (Å²) in [5.74, 6) is 1.57. The lowest BCUT2D eigenvalue weighted by atomic mass is 9.68. The second kappa shape index (κ2) is 35.9. The van der Waals surface area contributed by atoms with E-state index >= 15 is 0 Å². The number of nitrogens with zero attached hydrogens (tertiary/aromatic N) is 17. The monoisotopic (exact) mass is 1750 g/mol. The van der Waals surface area contributed by atoms with E-state index < -0.39 is 0 Å². The predicted molar refractivity (Wildman–Crippen MR) is 520 cm³/mol. The molecule has 10 atom stereocenters. The summed E-state index contributed by atoms with van der Waals surface area (Å²) < 4.78 is 13.6. The molecule has 0 aromatic carbocycles. The number of aliphatic imine (C=N–C) groups is 1. The fourth-order valence-corrected chi connectivity index (χ4v) is 24.2. The van der Waals surface area contributed by atoms with Crippen LogP contribution >= 0.6 is 0 Å². The van der Waals surface area contributed by atoms with Crippen molar-refractivity contribution in [1.29, 1.82) is 0 Å². The third-order valence-electron chi connectivity index (χ3n) is 31.1. The molecular weight excluding hydrogens is 1570 g/mol. The molecule has 23 heteroatoms. The van der Waals surface area contributed by atoms with Crippen molar-refractivity contribution < 1.29 is 4.74 Å². The first-order valence-corrected chi connectivity index (χ1v) is 47.9. The highest BCUT2D eigenvalue weighted by Gasteiger charge is 2.75. The molecule has 0 N–H and O–H groups in total. The van der Waals surface area contributed by atoms with Gasteiger partial charge in [-0.3, -0.25) is 77.1 Å². The second-order valence-corrected chi connectivity index (χ2v) is 49.0. The van der Waals surface area contributed by atoms with E-state index in [-0.39, 0.29) is 91.9 Å². The maximum absolute atomic E-state index is 12.4. The third kappa shape index (κ3) is 20.5. The molecule has 4 aromatic heterocycles. The van der Waals surface area contributed by atoms with Gasteiger partial charge < -0.3 is 18.8 Å². The molecule has 11 aliphatic heterocycles. The number of hydrogen-bond donors (Lipinski definition) is 0. The highest BCUT2D eigenvalue weighted by Crippen LogP contribution is 2.72. The van der Waals surface area contributed by atoms with Gasteiger partial charge in [-0.05, 0) is 317 Å². The van der Waals surface area contributed by atoms with Crippen LogP contribution in [0.25, 0.3) is 0 Å².